The fraction of sp³-hybridized carbons (Fsp3) is 0.462. The van der Waals surface area contributed by atoms with Crippen molar-refractivity contribution in [1.29, 1.82) is 0 Å². The van der Waals surface area contributed by atoms with Crippen LogP contribution in [0.5, 0.6) is 5.75 Å². The predicted molar refractivity (Wildman–Crippen MR) is 123 cm³/mol. The van der Waals surface area contributed by atoms with E-state index in [1.807, 2.05) is 54.3 Å². The van der Waals surface area contributed by atoms with Gasteiger partial charge < -0.3 is 19.7 Å². The van der Waals surface area contributed by atoms with Gasteiger partial charge in [0.15, 0.2) is 0 Å². The van der Waals surface area contributed by atoms with E-state index in [0.29, 0.717) is 32.7 Å². The number of carbonyl (C=O) groups is 2. The van der Waals surface area contributed by atoms with Crippen molar-refractivity contribution in [3.63, 3.8) is 0 Å². The van der Waals surface area contributed by atoms with E-state index in [1.165, 1.54) is 0 Å². The highest BCUT2D eigenvalue weighted by Gasteiger charge is 2.44. The summed E-state index contributed by atoms with van der Waals surface area (Å²) in [5.41, 5.74) is 2.58. The maximum atomic E-state index is 13.0. The van der Waals surface area contributed by atoms with Crippen LogP contribution < -0.4 is 10.1 Å². The number of likely N-dealkylation sites (tertiary alicyclic amines) is 1. The molecule has 4 rings (SSSR count). The smallest absolute Gasteiger partial charge is 0.253 e. The molecule has 1 spiro atoms. The van der Waals surface area contributed by atoms with Gasteiger partial charge in [0.25, 0.3) is 5.91 Å². The largest absolute Gasteiger partial charge is 0.487 e. The Labute approximate surface area is 189 Å². The first kappa shape index (κ1) is 22.3. The number of carbonyl (C=O) groups excluding carboxylic acids is 2. The Hall–Kier alpha value is -2.86. The predicted octanol–water partition coefficient (Wildman–Crippen LogP) is 3.69. The molecule has 2 aromatic rings. The molecule has 0 saturated carbocycles. The SMILES string of the molecule is COCCNC(=O)C[C@H]1CC2(CCN(C(=O)c3cccc(C)c3)CC2)Oc2ccccc21. The molecule has 32 heavy (non-hydrogen) atoms. The molecule has 6 heteroatoms. The summed E-state index contributed by atoms with van der Waals surface area (Å²) in [6, 6.07) is 15.8. The van der Waals surface area contributed by atoms with Crippen LogP contribution in [-0.4, -0.2) is 55.7 Å². The number of rotatable bonds is 6. The highest BCUT2D eigenvalue weighted by molar-refractivity contribution is 5.94. The standard InChI is InChI=1S/C26H32N2O4/c1-19-6-5-7-20(16-19)25(30)28-13-10-26(11-14-28)18-21(17-24(29)27-12-15-31-2)22-8-3-4-9-23(22)32-26/h3-9,16,21H,10-15,17-18H2,1-2H3,(H,27,29)/t21-/m0/s1. The molecule has 1 saturated heterocycles. The van der Waals surface area contributed by atoms with Gasteiger partial charge in [0.05, 0.1) is 6.61 Å². The van der Waals surface area contributed by atoms with Gasteiger partial charge in [-0.1, -0.05) is 35.9 Å². The lowest BCUT2D eigenvalue weighted by Gasteiger charge is -2.47. The first-order chi connectivity index (χ1) is 15.5. The van der Waals surface area contributed by atoms with Crippen molar-refractivity contribution < 1.29 is 19.1 Å². The second-order valence-electron chi connectivity index (χ2n) is 8.93. The van der Waals surface area contributed by atoms with Gasteiger partial charge in [0, 0.05) is 57.5 Å². The monoisotopic (exact) mass is 436 g/mol. The van der Waals surface area contributed by atoms with Crippen LogP contribution in [0.2, 0.25) is 0 Å². The molecule has 6 nitrogen and oxygen atoms in total. The van der Waals surface area contributed by atoms with E-state index in [2.05, 4.69) is 11.4 Å². The number of aryl methyl sites for hydroxylation is 1. The third-order valence-corrected chi connectivity index (χ3v) is 6.59. The summed E-state index contributed by atoms with van der Waals surface area (Å²) in [6.07, 6.45) is 2.74. The molecule has 0 aliphatic carbocycles. The summed E-state index contributed by atoms with van der Waals surface area (Å²) >= 11 is 0. The molecular weight excluding hydrogens is 404 g/mol. The molecule has 1 atom stereocenters. The summed E-state index contributed by atoms with van der Waals surface area (Å²) in [4.78, 5) is 27.4. The van der Waals surface area contributed by atoms with E-state index in [4.69, 9.17) is 9.47 Å². The van der Waals surface area contributed by atoms with Gasteiger partial charge in [-0.05, 0) is 37.1 Å². The van der Waals surface area contributed by atoms with Crippen molar-refractivity contribution in [2.45, 2.75) is 44.1 Å². The molecule has 2 aliphatic rings. The number of para-hydroxylation sites is 1. The molecule has 2 aromatic carbocycles. The highest BCUT2D eigenvalue weighted by atomic mass is 16.5. The Morgan fingerprint density at radius 2 is 1.94 bits per heavy atom. The van der Waals surface area contributed by atoms with Crippen LogP contribution in [0.4, 0.5) is 0 Å². The third kappa shape index (κ3) is 4.96. The zero-order valence-electron chi connectivity index (χ0n) is 18.9. The summed E-state index contributed by atoms with van der Waals surface area (Å²) in [5.74, 6) is 1.08. The molecule has 0 bridgehead atoms. The second kappa shape index (κ2) is 9.74. The zero-order chi connectivity index (χ0) is 22.6. The minimum absolute atomic E-state index is 0.0333. The first-order valence-corrected chi connectivity index (χ1v) is 11.4. The minimum atomic E-state index is -0.338. The number of nitrogens with zero attached hydrogens (tertiary/aromatic N) is 1. The highest BCUT2D eigenvalue weighted by Crippen LogP contribution is 2.46. The van der Waals surface area contributed by atoms with Crippen molar-refractivity contribution in [3.05, 3.63) is 65.2 Å². The van der Waals surface area contributed by atoms with Crippen molar-refractivity contribution in [1.82, 2.24) is 10.2 Å². The lowest BCUT2D eigenvalue weighted by molar-refractivity contribution is -0.122. The molecule has 0 unspecified atom stereocenters. The quantitative estimate of drug-likeness (QED) is 0.702. The number of nitrogens with one attached hydrogen (secondary N) is 1. The van der Waals surface area contributed by atoms with Crippen molar-refractivity contribution >= 4 is 11.8 Å². The Morgan fingerprint density at radius 3 is 2.69 bits per heavy atom. The normalized spacial score (nSPS) is 19.2. The third-order valence-electron chi connectivity index (χ3n) is 6.59. The van der Waals surface area contributed by atoms with Gasteiger partial charge in [0.1, 0.15) is 11.4 Å². The average molecular weight is 437 g/mol. The van der Waals surface area contributed by atoms with Crippen LogP contribution in [0, 0.1) is 6.92 Å². The maximum absolute atomic E-state index is 13.0. The molecule has 0 aromatic heterocycles. The Morgan fingerprint density at radius 1 is 1.16 bits per heavy atom. The maximum Gasteiger partial charge on any atom is 0.253 e. The van der Waals surface area contributed by atoms with E-state index in [1.54, 1.807) is 7.11 Å². The number of benzene rings is 2. The molecule has 0 radical (unpaired) electrons. The summed E-state index contributed by atoms with van der Waals surface area (Å²) in [7, 11) is 1.63. The average Bonchev–Trinajstić information content (AvgIpc) is 2.79. The fourth-order valence-corrected chi connectivity index (χ4v) is 4.90. The number of fused-ring (bicyclic) bond motifs is 1. The van der Waals surface area contributed by atoms with Gasteiger partial charge >= 0.3 is 0 Å². The fourth-order valence-electron chi connectivity index (χ4n) is 4.90. The Kier molecular flexibility index (Phi) is 6.80. The van der Waals surface area contributed by atoms with E-state index >= 15 is 0 Å². The molecule has 1 fully saturated rings. The first-order valence-electron chi connectivity index (χ1n) is 11.4. The van der Waals surface area contributed by atoms with Gasteiger partial charge in [0.2, 0.25) is 5.91 Å². The van der Waals surface area contributed by atoms with Gasteiger partial charge in [-0.25, -0.2) is 0 Å². The van der Waals surface area contributed by atoms with Gasteiger partial charge in [-0.15, -0.1) is 0 Å². The molecule has 2 amide bonds. The van der Waals surface area contributed by atoms with E-state index in [9.17, 15) is 9.59 Å². The van der Waals surface area contributed by atoms with Crippen LogP contribution in [0.15, 0.2) is 48.5 Å². The van der Waals surface area contributed by atoms with Gasteiger partial charge in [-0.2, -0.15) is 0 Å². The number of methoxy groups -OCH3 is 1. The number of piperidine rings is 1. The Balaban J connectivity index is 1.45. The van der Waals surface area contributed by atoms with Crippen LogP contribution in [0.25, 0.3) is 0 Å². The van der Waals surface area contributed by atoms with Gasteiger partial charge in [-0.3, -0.25) is 9.59 Å². The van der Waals surface area contributed by atoms with Crippen LogP contribution in [0.3, 0.4) is 0 Å². The summed E-state index contributed by atoms with van der Waals surface area (Å²) < 4.78 is 11.6. The molecule has 2 heterocycles. The van der Waals surface area contributed by atoms with Crippen molar-refractivity contribution in [2.75, 3.05) is 33.4 Å². The number of hydrogen-bond acceptors (Lipinski definition) is 4. The Bertz CT molecular complexity index is 966. The zero-order valence-corrected chi connectivity index (χ0v) is 18.9. The van der Waals surface area contributed by atoms with Crippen LogP contribution in [-0.2, 0) is 9.53 Å². The van der Waals surface area contributed by atoms with Crippen LogP contribution >= 0.6 is 0 Å². The van der Waals surface area contributed by atoms with Crippen molar-refractivity contribution in [2.24, 2.45) is 0 Å². The minimum Gasteiger partial charge on any atom is -0.487 e. The molecule has 2 aliphatic heterocycles. The van der Waals surface area contributed by atoms with Crippen LogP contribution in [0.1, 0.15) is 53.1 Å². The molecule has 1 N–H and O–H groups in total. The second-order valence-corrected chi connectivity index (χ2v) is 8.93. The lowest BCUT2D eigenvalue weighted by atomic mass is 9.76. The van der Waals surface area contributed by atoms with E-state index in [-0.39, 0.29) is 23.3 Å². The van der Waals surface area contributed by atoms with E-state index < -0.39 is 0 Å². The number of hydrogen-bond donors (Lipinski definition) is 1. The topological polar surface area (TPSA) is 67.9 Å². The number of amides is 2. The summed E-state index contributed by atoms with van der Waals surface area (Å²) in [5, 5.41) is 2.94. The lowest BCUT2D eigenvalue weighted by Crippen LogP contribution is -2.52. The van der Waals surface area contributed by atoms with Crippen molar-refractivity contribution in [3.8, 4) is 5.75 Å². The molecular formula is C26H32N2O4. The van der Waals surface area contributed by atoms with E-state index in [0.717, 1.165) is 41.7 Å². The molecule has 170 valence electrons. The summed E-state index contributed by atoms with van der Waals surface area (Å²) in [6.45, 7) is 4.33. The number of ether oxygens (including phenoxy) is 2.